The van der Waals surface area contributed by atoms with Crippen molar-refractivity contribution in [2.45, 2.75) is 6.92 Å². The van der Waals surface area contributed by atoms with Gasteiger partial charge in [-0.1, -0.05) is 18.7 Å². The molecule has 0 aliphatic heterocycles. The molecule has 0 saturated heterocycles. The normalized spacial score (nSPS) is 14.8. The molecule has 3 aromatic rings. The maximum Gasteiger partial charge on any atom is 0.337 e. The van der Waals surface area contributed by atoms with Crippen LogP contribution in [0.4, 0.5) is 24.7 Å². The smallest absolute Gasteiger partial charge is 0.337 e. The second-order valence-electron chi connectivity index (χ2n) is 7.73. The van der Waals surface area contributed by atoms with E-state index in [4.69, 9.17) is 5.73 Å². The van der Waals surface area contributed by atoms with Crippen molar-refractivity contribution in [1.82, 2.24) is 9.78 Å². The van der Waals surface area contributed by atoms with Crippen molar-refractivity contribution in [3.8, 4) is 5.69 Å². The van der Waals surface area contributed by atoms with Gasteiger partial charge in [-0.05, 0) is 54.5 Å². The Morgan fingerprint density at radius 2 is 1.94 bits per heavy atom. The van der Waals surface area contributed by atoms with Crippen LogP contribution in [-0.4, -0.2) is 26.6 Å². The van der Waals surface area contributed by atoms with Gasteiger partial charge in [0.25, 0.3) is 0 Å². The summed E-state index contributed by atoms with van der Waals surface area (Å²) in [4.78, 5) is 15.7. The van der Waals surface area contributed by atoms with Crippen molar-refractivity contribution in [1.29, 1.82) is 0 Å². The molecule has 0 atom stereocenters. The zero-order chi connectivity index (χ0) is 26.0. The summed E-state index contributed by atoms with van der Waals surface area (Å²) in [5, 5.41) is 17.0. The number of hydrogen-bond donors (Lipinski definition) is 3. The van der Waals surface area contributed by atoms with Crippen LogP contribution >= 0.6 is 0 Å². The molecular weight excluding hydrogens is 471 g/mol. The molecule has 4 N–H and O–H groups in total. The summed E-state index contributed by atoms with van der Waals surface area (Å²) in [6, 6.07) is 9.06. The van der Waals surface area contributed by atoms with Crippen LogP contribution in [0, 0.1) is 18.6 Å². The Balaban J connectivity index is 1.95. The number of carboxylic acid groups (broad SMARTS) is 1. The van der Waals surface area contributed by atoms with Gasteiger partial charge in [0.15, 0.2) is 5.82 Å². The van der Waals surface area contributed by atoms with Gasteiger partial charge in [-0.3, -0.25) is 4.99 Å². The zero-order valence-corrected chi connectivity index (χ0v) is 19.0. The second-order valence-corrected chi connectivity index (χ2v) is 7.73. The highest BCUT2D eigenvalue weighted by molar-refractivity contribution is 6.17. The Hall–Kier alpha value is -4.86. The highest BCUT2D eigenvalue weighted by atomic mass is 19.1. The number of aromatic carboxylic acids is 1. The summed E-state index contributed by atoms with van der Waals surface area (Å²) in [5.74, 6) is -3.42. The number of rotatable bonds is 6. The lowest BCUT2D eigenvalue weighted by Crippen LogP contribution is -2.10. The first-order valence-corrected chi connectivity index (χ1v) is 10.6. The van der Waals surface area contributed by atoms with E-state index in [-0.39, 0.29) is 34.0 Å². The van der Waals surface area contributed by atoms with Crippen LogP contribution in [0.1, 0.15) is 21.6 Å². The number of aliphatic imine (C=N–C) groups is 1. The van der Waals surface area contributed by atoms with Crippen molar-refractivity contribution in [2.24, 2.45) is 10.7 Å². The molecule has 7 nitrogen and oxygen atoms in total. The number of carbonyl (C=O) groups is 1. The number of para-hydroxylation sites is 1. The number of anilines is 2. The first kappa shape index (κ1) is 24.3. The molecule has 0 amide bonds. The van der Waals surface area contributed by atoms with Crippen molar-refractivity contribution < 1.29 is 23.1 Å². The Morgan fingerprint density at radius 3 is 2.61 bits per heavy atom. The molecule has 4 rings (SSSR count). The van der Waals surface area contributed by atoms with Crippen LogP contribution in [0.3, 0.4) is 0 Å². The fourth-order valence-corrected chi connectivity index (χ4v) is 3.78. The quantitative estimate of drug-likeness (QED) is 0.418. The lowest BCUT2D eigenvalue weighted by Gasteiger charge is -2.17. The van der Waals surface area contributed by atoms with Crippen LogP contribution in [0.25, 0.3) is 11.3 Å². The minimum absolute atomic E-state index is 0.0131. The lowest BCUT2D eigenvalue weighted by molar-refractivity contribution is 0.0698. The van der Waals surface area contributed by atoms with E-state index in [0.717, 1.165) is 12.3 Å². The number of benzene rings is 2. The van der Waals surface area contributed by atoms with Crippen LogP contribution in [-0.2, 0) is 0 Å². The lowest BCUT2D eigenvalue weighted by atomic mass is 9.94. The third kappa shape index (κ3) is 4.56. The van der Waals surface area contributed by atoms with Crippen molar-refractivity contribution in [3.05, 3.63) is 113 Å². The summed E-state index contributed by atoms with van der Waals surface area (Å²) < 4.78 is 44.5. The van der Waals surface area contributed by atoms with Crippen molar-refractivity contribution >= 4 is 28.8 Å². The zero-order valence-electron chi connectivity index (χ0n) is 19.0. The fourth-order valence-electron chi connectivity index (χ4n) is 3.78. The number of halogens is 3. The van der Waals surface area contributed by atoms with E-state index in [0.29, 0.717) is 22.9 Å². The van der Waals surface area contributed by atoms with E-state index in [1.165, 1.54) is 35.2 Å². The maximum atomic E-state index is 15.0. The fraction of sp³-hybridized carbons (Fsp3) is 0.0385. The summed E-state index contributed by atoms with van der Waals surface area (Å²) in [5.41, 5.74) is 6.60. The van der Waals surface area contributed by atoms with E-state index < -0.39 is 23.4 Å². The van der Waals surface area contributed by atoms with Gasteiger partial charge < -0.3 is 16.2 Å². The van der Waals surface area contributed by atoms with E-state index in [1.54, 1.807) is 25.1 Å². The number of aryl methyl sites for hydroxylation is 1. The van der Waals surface area contributed by atoms with Gasteiger partial charge in [0, 0.05) is 24.0 Å². The highest BCUT2D eigenvalue weighted by Crippen LogP contribution is 2.37. The average Bonchev–Trinajstić information content (AvgIpc) is 3.14. The van der Waals surface area contributed by atoms with Crippen LogP contribution < -0.4 is 11.1 Å². The molecule has 2 aromatic carbocycles. The van der Waals surface area contributed by atoms with Crippen molar-refractivity contribution in [2.75, 3.05) is 5.32 Å². The number of nitrogens with one attached hydrogen (secondary N) is 1. The predicted octanol–water partition coefficient (Wildman–Crippen LogP) is 5.58. The predicted molar refractivity (Wildman–Crippen MR) is 132 cm³/mol. The first-order valence-electron chi connectivity index (χ1n) is 10.6. The highest BCUT2D eigenvalue weighted by Gasteiger charge is 2.26. The molecule has 1 heterocycles. The van der Waals surface area contributed by atoms with E-state index in [2.05, 4.69) is 22.0 Å². The largest absolute Gasteiger partial charge is 0.478 e. The van der Waals surface area contributed by atoms with Gasteiger partial charge in [0.2, 0.25) is 0 Å². The molecule has 0 saturated carbocycles. The van der Waals surface area contributed by atoms with E-state index in [9.17, 15) is 23.1 Å². The molecule has 0 bridgehead atoms. The molecule has 1 aliphatic rings. The number of carboxylic acids is 1. The van der Waals surface area contributed by atoms with E-state index in [1.807, 2.05) is 0 Å². The number of hydrogen-bond acceptors (Lipinski definition) is 5. The Kier molecular flexibility index (Phi) is 6.60. The summed E-state index contributed by atoms with van der Waals surface area (Å²) >= 11 is 0. The van der Waals surface area contributed by atoms with Gasteiger partial charge >= 0.3 is 5.97 Å². The molecule has 36 heavy (non-hydrogen) atoms. The minimum atomic E-state index is -1.19. The van der Waals surface area contributed by atoms with Gasteiger partial charge in [0.1, 0.15) is 28.9 Å². The third-order valence-corrected chi connectivity index (χ3v) is 5.33. The number of nitrogens with zero attached hydrogens (tertiary/aromatic N) is 3. The monoisotopic (exact) mass is 491 g/mol. The average molecular weight is 491 g/mol. The number of aromatic nitrogens is 2. The topological polar surface area (TPSA) is 106 Å². The van der Waals surface area contributed by atoms with Crippen LogP contribution in [0.2, 0.25) is 0 Å². The minimum Gasteiger partial charge on any atom is -0.478 e. The van der Waals surface area contributed by atoms with Gasteiger partial charge in [-0.15, -0.1) is 0 Å². The number of nitrogens with two attached hydrogens (primary N) is 1. The molecule has 10 heteroatoms. The Bertz CT molecular complexity index is 1520. The maximum absolute atomic E-state index is 15.0. The Labute approximate surface area is 204 Å². The van der Waals surface area contributed by atoms with Gasteiger partial charge in [-0.2, -0.15) is 5.10 Å². The molecule has 0 unspecified atom stereocenters. The molecule has 0 spiro atoms. The first-order chi connectivity index (χ1) is 17.2. The SMILES string of the molecule is C=C1C=C(c2c(C)nn(-c3ccc(F)cc3F)c2Nc2ccccc2C(=O)O)C=C(F)/C1=N/C=C\N. The van der Waals surface area contributed by atoms with Crippen molar-refractivity contribution in [3.63, 3.8) is 0 Å². The van der Waals surface area contributed by atoms with Gasteiger partial charge in [0.05, 0.1) is 16.9 Å². The number of allylic oxidation sites excluding steroid dienone is 5. The molecular formula is C26H20F3N5O2. The molecule has 1 aromatic heterocycles. The third-order valence-electron chi connectivity index (χ3n) is 5.33. The molecule has 0 radical (unpaired) electrons. The molecule has 1 aliphatic carbocycles. The van der Waals surface area contributed by atoms with Crippen LogP contribution in [0.5, 0.6) is 0 Å². The summed E-state index contributed by atoms with van der Waals surface area (Å²) in [7, 11) is 0. The van der Waals surface area contributed by atoms with Gasteiger partial charge in [-0.25, -0.2) is 22.6 Å². The molecule has 182 valence electrons. The van der Waals surface area contributed by atoms with Crippen LogP contribution in [0.15, 0.2) is 90.0 Å². The van der Waals surface area contributed by atoms with E-state index >= 15 is 0 Å². The Morgan fingerprint density at radius 1 is 1.19 bits per heavy atom. The standard InChI is InChI=1S/C26H20F3N5O2/c1-14-11-16(12-20(29)24(14)31-10-9-30)23-15(2)33-34(22-8-7-17(27)13-19(22)28)25(23)32-21-6-4-3-5-18(21)26(35)36/h3-13,32H,1,30H2,2H3,(H,35,36)/b10-9-,31-24+. The summed E-state index contributed by atoms with van der Waals surface area (Å²) in [6.45, 7) is 5.48. The second kappa shape index (κ2) is 9.79. The summed E-state index contributed by atoms with van der Waals surface area (Å²) in [6.07, 6.45) is 5.15. The molecule has 0 fully saturated rings.